The number of rotatable bonds is 8. The van der Waals surface area contributed by atoms with Crippen LogP contribution in [0.5, 0.6) is 5.75 Å². The van der Waals surface area contributed by atoms with Gasteiger partial charge in [0.15, 0.2) is 0 Å². The van der Waals surface area contributed by atoms with Crippen molar-refractivity contribution in [2.24, 2.45) is 5.92 Å². The molecule has 0 saturated heterocycles. The number of nitrogens with one attached hydrogen (secondary N) is 2. The summed E-state index contributed by atoms with van der Waals surface area (Å²) in [7, 11) is 4.05. The van der Waals surface area contributed by atoms with Gasteiger partial charge in [-0.2, -0.15) is 0 Å². The van der Waals surface area contributed by atoms with Crippen LogP contribution in [0.25, 0.3) is 0 Å². The second-order valence-electron chi connectivity index (χ2n) is 4.95. The van der Waals surface area contributed by atoms with E-state index >= 15 is 0 Å². The summed E-state index contributed by atoms with van der Waals surface area (Å²) in [6.07, 6.45) is 1.15. The largest absolute Gasteiger partial charge is 0.494 e. The fraction of sp³-hybridized carbons (Fsp3) is 0.625. The van der Waals surface area contributed by atoms with Crippen LogP contribution in [0.15, 0.2) is 18.2 Å². The van der Waals surface area contributed by atoms with Crippen LogP contribution in [-0.2, 0) is 0 Å². The van der Waals surface area contributed by atoms with Gasteiger partial charge in [0, 0.05) is 6.04 Å². The fourth-order valence-electron chi connectivity index (χ4n) is 2.62. The van der Waals surface area contributed by atoms with E-state index in [0.29, 0.717) is 18.6 Å². The van der Waals surface area contributed by atoms with Crippen LogP contribution in [0.4, 0.5) is 0 Å². The van der Waals surface area contributed by atoms with Gasteiger partial charge >= 0.3 is 0 Å². The average Bonchev–Trinajstić information content (AvgIpc) is 2.41. The first kappa shape index (κ1) is 16.0. The lowest BCUT2D eigenvalue weighted by atomic mass is 9.90. The molecule has 1 aromatic rings. The second-order valence-corrected chi connectivity index (χ2v) is 4.95. The third-order valence-corrected chi connectivity index (χ3v) is 3.63. The summed E-state index contributed by atoms with van der Waals surface area (Å²) in [6, 6.07) is 6.89. The summed E-state index contributed by atoms with van der Waals surface area (Å²) in [5.74, 6) is 1.58. The highest BCUT2D eigenvalue weighted by Crippen LogP contribution is 2.28. The predicted octanol–water partition coefficient (Wildman–Crippen LogP) is 2.90. The van der Waals surface area contributed by atoms with Gasteiger partial charge in [-0.15, -0.1) is 0 Å². The van der Waals surface area contributed by atoms with Crippen LogP contribution in [-0.4, -0.2) is 27.2 Å². The van der Waals surface area contributed by atoms with E-state index in [4.69, 9.17) is 4.74 Å². The highest BCUT2D eigenvalue weighted by Gasteiger charge is 2.20. The second kappa shape index (κ2) is 8.18. The van der Waals surface area contributed by atoms with E-state index in [0.717, 1.165) is 18.7 Å². The Hall–Kier alpha value is -1.06. The molecule has 0 fully saturated rings. The van der Waals surface area contributed by atoms with Crippen molar-refractivity contribution in [1.29, 1.82) is 0 Å². The van der Waals surface area contributed by atoms with Crippen LogP contribution in [0, 0.1) is 12.8 Å². The van der Waals surface area contributed by atoms with Crippen LogP contribution >= 0.6 is 0 Å². The molecule has 0 radical (unpaired) electrons. The molecule has 0 aliphatic carbocycles. The molecule has 1 rings (SSSR count). The summed E-state index contributed by atoms with van der Waals surface area (Å²) in [4.78, 5) is 0. The van der Waals surface area contributed by atoms with Crippen molar-refractivity contribution in [3.63, 3.8) is 0 Å². The Balaban J connectivity index is 2.95. The Morgan fingerprint density at radius 1 is 1.21 bits per heavy atom. The normalized spacial score (nSPS) is 14.2. The van der Waals surface area contributed by atoms with Gasteiger partial charge in [0.25, 0.3) is 0 Å². The Kier molecular flexibility index (Phi) is 6.89. The summed E-state index contributed by atoms with van der Waals surface area (Å²) < 4.78 is 5.61. The van der Waals surface area contributed by atoms with Crippen molar-refractivity contribution in [2.45, 2.75) is 33.2 Å². The molecule has 0 aromatic heterocycles. The summed E-state index contributed by atoms with van der Waals surface area (Å²) in [6.45, 7) is 8.11. The minimum atomic E-state index is 0.381. The first-order valence-electron chi connectivity index (χ1n) is 7.23. The Bertz CT molecular complexity index is 379. The van der Waals surface area contributed by atoms with Crippen molar-refractivity contribution >= 4 is 0 Å². The van der Waals surface area contributed by atoms with Gasteiger partial charge in [0.05, 0.1) is 6.61 Å². The molecule has 0 amide bonds. The van der Waals surface area contributed by atoms with E-state index in [1.54, 1.807) is 0 Å². The van der Waals surface area contributed by atoms with Crippen LogP contribution in [0.3, 0.4) is 0 Å². The van der Waals surface area contributed by atoms with Crippen molar-refractivity contribution in [1.82, 2.24) is 10.6 Å². The van der Waals surface area contributed by atoms with Gasteiger partial charge in [0.2, 0.25) is 0 Å². The van der Waals surface area contributed by atoms with E-state index in [9.17, 15) is 0 Å². The molecule has 3 heteroatoms. The van der Waals surface area contributed by atoms with Crippen molar-refractivity contribution < 1.29 is 4.74 Å². The number of ether oxygens (including phenoxy) is 1. The zero-order chi connectivity index (χ0) is 14.3. The van der Waals surface area contributed by atoms with Gasteiger partial charge < -0.3 is 15.4 Å². The highest BCUT2D eigenvalue weighted by molar-refractivity contribution is 5.37. The summed E-state index contributed by atoms with van der Waals surface area (Å²) in [5, 5.41) is 6.74. The SMILES string of the molecule is CCOc1ccc(C(NC)C(CC)CNC)cc1C. The van der Waals surface area contributed by atoms with Gasteiger partial charge in [-0.3, -0.25) is 0 Å². The summed E-state index contributed by atoms with van der Waals surface area (Å²) in [5.41, 5.74) is 2.55. The van der Waals surface area contributed by atoms with Gasteiger partial charge in [-0.05, 0) is 57.6 Å². The zero-order valence-electron chi connectivity index (χ0n) is 12.9. The Labute approximate surface area is 117 Å². The van der Waals surface area contributed by atoms with Crippen LogP contribution in [0.2, 0.25) is 0 Å². The molecule has 0 saturated carbocycles. The van der Waals surface area contributed by atoms with Crippen molar-refractivity contribution in [2.75, 3.05) is 27.2 Å². The van der Waals surface area contributed by atoms with Crippen LogP contribution in [0.1, 0.15) is 37.4 Å². The molecule has 0 aliphatic rings. The van der Waals surface area contributed by atoms with Gasteiger partial charge in [-0.1, -0.05) is 25.5 Å². The fourth-order valence-corrected chi connectivity index (χ4v) is 2.62. The predicted molar refractivity (Wildman–Crippen MR) is 81.9 cm³/mol. The van der Waals surface area contributed by atoms with Crippen LogP contribution < -0.4 is 15.4 Å². The minimum absolute atomic E-state index is 0.381. The molecule has 108 valence electrons. The minimum Gasteiger partial charge on any atom is -0.494 e. The lowest BCUT2D eigenvalue weighted by Crippen LogP contribution is -2.31. The average molecular weight is 264 g/mol. The molecule has 0 bridgehead atoms. The lowest BCUT2D eigenvalue weighted by molar-refractivity contribution is 0.336. The first-order chi connectivity index (χ1) is 9.17. The van der Waals surface area contributed by atoms with E-state index in [1.165, 1.54) is 11.1 Å². The monoisotopic (exact) mass is 264 g/mol. The van der Waals surface area contributed by atoms with Crippen molar-refractivity contribution in [3.05, 3.63) is 29.3 Å². The third-order valence-electron chi connectivity index (χ3n) is 3.63. The van der Waals surface area contributed by atoms with Crippen molar-refractivity contribution in [3.8, 4) is 5.75 Å². The number of hydrogen-bond donors (Lipinski definition) is 2. The summed E-state index contributed by atoms with van der Waals surface area (Å²) >= 11 is 0. The molecule has 0 heterocycles. The molecule has 2 N–H and O–H groups in total. The number of aryl methyl sites for hydroxylation is 1. The number of hydrogen-bond acceptors (Lipinski definition) is 3. The smallest absolute Gasteiger partial charge is 0.122 e. The maximum absolute atomic E-state index is 5.61. The molecule has 3 nitrogen and oxygen atoms in total. The molecule has 2 atom stereocenters. The first-order valence-corrected chi connectivity index (χ1v) is 7.23. The van der Waals surface area contributed by atoms with Gasteiger partial charge in [-0.25, -0.2) is 0 Å². The molecular formula is C16H28N2O. The quantitative estimate of drug-likeness (QED) is 0.757. The van der Waals surface area contributed by atoms with E-state index < -0.39 is 0 Å². The zero-order valence-corrected chi connectivity index (χ0v) is 12.9. The number of benzene rings is 1. The third kappa shape index (κ3) is 4.22. The van der Waals surface area contributed by atoms with E-state index in [2.05, 4.69) is 42.7 Å². The van der Waals surface area contributed by atoms with E-state index in [1.807, 2.05) is 21.0 Å². The molecule has 0 aliphatic heterocycles. The molecular weight excluding hydrogens is 236 g/mol. The highest BCUT2D eigenvalue weighted by atomic mass is 16.5. The van der Waals surface area contributed by atoms with E-state index in [-0.39, 0.29) is 0 Å². The molecule has 2 unspecified atom stereocenters. The molecule has 1 aromatic carbocycles. The lowest BCUT2D eigenvalue weighted by Gasteiger charge is -2.27. The Morgan fingerprint density at radius 2 is 1.95 bits per heavy atom. The topological polar surface area (TPSA) is 33.3 Å². The maximum atomic E-state index is 5.61. The Morgan fingerprint density at radius 3 is 2.42 bits per heavy atom. The molecule has 0 spiro atoms. The standard InChI is InChI=1S/C16H28N2O/c1-6-13(11-17-4)16(18-5)14-8-9-15(19-7-2)12(3)10-14/h8-10,13,16-18H,6-7,11H2,1-5H3. The maximum Gasteiger partial charge on any atom is 0.122 e. The molecule has 19 heavy (non-hydrogen) atoms. The van der Waals surface area contributed by atoms with Gasteiger partial charge in [0.1, 0.15) is 5.75 Å².